The van der Waals surface area contributed by atoms with E-state index in [1.54, 1.807) is 43.0 Å². The largest absolute Gasteiger partial charge is 0.491 e. The summed E-state index contributed by atoms with van der Waals surface area (Å²) >= 11 is 1.64. The molecule has 0 radical (unpaired) electrons. The quantitative estimate of drug-likeness (QED) is 0.330. The first kappa shape index (κ1) is 25.9. The zero-order valence-corrected chi connectivity index (χ0v) is 23.1. The van der Waals surface area contributed by atoms with Gasteiger partial charge in [-0.3, -0.25) is 4.79 Å². The number of carbonyl (C=O) groups is 1. The number of hydrogen-bond acceptors (Lipinski definition) is 10. The third-order valence-corrected chi connectivity index (χ3v) is 7.57. The molecule has 0 aromatic carbocycles. The molecule has 11 nitrogen and oxygen atoms in total. The van der Waals surface area contributed by atoms with Crippen LogP contribution in [0, 0.1) is 0 Å². The molecule has 0 bridgehead atoms. The Hall–Kier alpha value is -3.77. The van der Waals surface area contributed by atoms with Crippen molar-refractivity contribution in [1.82, 2.24) is 24.5 Å². The van der Waals surface area contributed by atoms with Gasteiger partial charge in [0.2, 0.25) is 11.9 Å². The minimum Gasteiger partial charge on any atom is -0.491 e. The zero-order valence-electron chi connectivity index (χ0n) is 22.3. The summed E-state index contributed by atoms with van der Waals surface area (Å²) in [6, 6.07) is 3.32. The molecule has 1 amide bonds. The maximum atomic E-state index is 11.4. The van der Waals surface area contributed by atoms with Crippen molar-refractivity contribution in [1.29, 1.82) is 0 Å². The second-order valence-corrected chi connectivity index (χ2v) is 11.2. The van der Waals surface area contributed by atoms with E-state index in [0.717, 1.165) is 23.9 Å². The van der Waals surface area contributed by atoms with Gasteiger partial charge >= 0.3 is 0 Å². The summed E-state index contributed by atoms with van der Waals surface area (Å²) in [4.78, 5) is 30.9. The number of amides is 1. The predicted molar refractivity (Wildman–Crippen MR) is 146 cm³/mol. The predicted octanol–water partition coefficient (Wildman–Crippen LogP) is 5.12. The van der Waals surface area contributed by atoms with Gasteiger partial charge in [-0.05, 0) is 17.9 Å². The van der Waals surface area contributed by atoms with Gasteiger partial charge in [0.1, 0.15) is 17.1 Å². The first-order chi connectivity index (χ1) is 18.1. The molecular weight excluding hydrogens is 506 g/mol. The zero-order chi connectivity index (χ0) is 27.0. The molecule has 4 aromatic heterocycles. The molecule has 200 valence electrons. The highest BCUT2D eigenvalue weighted by Crippen LogP contribution is 2.42. The van der Waals surface area contributed by atoms with Gasteiger partial charge in [0.05, 0.1) is 25.6 Å². The normalized spacial score (nSPS) is 15.6. The minimum atomic E-state index is -0.219. The Morgan fingerprint density at radius 3 is 2.76 bits per heavy atom. The lowest BCUT2D eigenvalue weighted by Crippen LogP contribution is -2.14. The Balaban J connectivity index is 1.47. The number of nitrogens with zero attached hydrogens (tertiary/aromatic N) is 5. The van der Waals surface area contributed by atoms with Crippen LogP contribution in [0.15, 0.2) is 24.5 Å². The van der Waals surface area contributed by atoms with Crippen molar-refractivity contribution in [3.8, 4) is 17.2 Å². The molecule has 0 aliphatic carbocycles. The SMILES string of the molecule is COc1c(Oc2ccnc(NC(C)=O)c2)cnc2nc(Nc3nc(C4CCOC4)c(C(C)(C)C)s3)n(C)c12. The summed E-state index contributed by atoms with van der Waals surface area (Å²) in [6.07, 6.45) is 4.10. The number of thiazole rings is 1. The number of hydrogen-bond donors (Lipinski definition) is 2. The van der Waals surface area contributed by atoms with E-state index in [1.165, 1.54) is 11.8 Å². The van der Waals surface area contributed by atoms with Crippen LogP contribution in [-0.4, -0.2) is 50.7 Å². The molecule has 2 N–H and O–H groups in total. The van der Waals surface area contributed by atoms with Crippen LogP contribution in [0.3, 0.4) is 0 Å². The number of ether oxygens (including phenoxy) is 3. The number of pyridine rings is 2. The van der Waals surface area contributed by atoms with Gasteiger partial charge in [-0.1, -0.05) is 20.8 Å². The molecule has 0 saturated carbocycles. The third kappa shape index (κ3) is 5.14. The molecule has 38 heavy (non-hydrogen) atoms. The number of aryl methyl sites for hydroxylation is 1. The van der Waals surface area contributed by atoms with Gasteiger partial charge < -0.3 is 29.4 Å². The second kappa shape index (κ2) is 10.2. The first-order valence-corrected chi connectivity index (χ1v) is 13.1. The summed E-state index contributed by atoms with van der Waals surface area (Å²) in [5.74, 6) is 2.42. The van der Waals surface area contributed by atoms with Crippen LogP contribution >= 0.6 is 11.3 Å². The summed E-state index contributed by atoms with van der Waals surface area (Å²) in [7, 11) is 3.46. The summed E-state index contributed by atoms with van der Waals surface area (Å²) < 4.78 is 19.3. The summed E-state index contributed by atoms with van der Waals surface area (Å²) in [5.41, 5.74) is 2.24. The molecular formula is C26H31N7O4S. The van der Waals surface area contributed by atoms with E-state index in [0.29, 0.717) is 52.7 Å². The van der Waals surface area contributed by atoms with Gasteiger partial charge in [-0.15, -0.1) is 11.3 Å². The van der Waals surface area contributed by atoms with Crippen LogP contribution < -0.4 is 20.1 Å². The Morgan fingerprint density at radius 1 is 1.26 bits per heavy atom. The van der Waals surface area contributed by atoms with Gasteiger partial charge in [0, 0.05) is 43.6 Å². The number of carbonyl (C=O) groups excluding carboxylic acids is 1. The minimum absolute atomic E-state index is 0.0361. The number of imidazole rings is 1. The van der Waals surface area contributed by atoms with E-state index in [2.05, 4.69) is 41.4 Å². The summed E-state index contributed by atoms with van der Waals surface area (Å²) in [6.45, 7) is 9.50. The van der Waals surface area contributed by atoms with Crippen molar-refractivity contribution in [2.24, 2.45) is 7.05 Å². The third-order valence-electron chi connectivity index (χ3n) is 6.16. The van der Waals surface area contributed by atoms with Gasteiger partial charge in [0.15, 0.2) is 22.3 Å². The van der Waals surface area contributed by atoms with Crippen molar-refractivity contribution in [2.75, 3.05) is 31.0 Å². The molecule has 1 aliphatic rings. The molecule has 5 rings (SSSR count). The van der Waals surface area contributed by atoms with Gasteiger partial charge in [-0.2, -0.15) is 4.98 Å². The standard InChI is InChI=1S/C26H31N7O4S/c1-14(34)29-18-11-16(7-9-27-18)37-17-12-28-23-20(21(17)35-6)33(5)24(31-23)32-25-30-19(15-8-10-36-13-15)22(38-25)26(2,3)4/h7,9,11-12,15H,8,10,13H2,1-6H3,(H,27,29,34)(H,28,30,31,32). The van der Waals surface area contributed by atoms with E-state index < -0.39 is 0 Å². The maximum absolute atomic E-state index is 11.4. The van der Waals surface area contributed by atoms with Crippen molar-refractivity contribution in [2.45, 2.75) is 45.4 Å². The van der Waals surface area contributed by atoms with Gasteiger partial charge in [-0.25, -0.2) is 15.0 Å². The van der Waals surface area contributed by atoms with E-state index in [4.69, 9.17) is 24.2 Å². The van der Waals surface area contributed by atoms with E-state index >= 15 is 0 Å². The molecule has 1 atom stereocenters. The van der Waals surface area contributed by atoms with Gasteiger partial charge in [0.25, 0.3) is 0 Å². The molecule has 1 fully saturated rings. The first-order valence-electron chi connectivity index (χ1n) is 12.3. The second-order valence-electron chi connectivity index (χ2n) is 10.2. The monoisotopic (exact) mass is 537 g/mol. The maximum Gasteiger partial charge on any atom is 0.222 e. The molecule has 1 saturated heterocycles. The van der Waals surface area contributed by atoms with Crippen LogP contribution in [0.5, 0.6) is 17.2 Å². The lowest BCUT2D eigenvalue weighted by Gasteiger charge is -2.19. The molecule has 0 spiro atoms. The molecule has 5 heterocycles. The number of nitrogens with one attached hydrogen (secondary N) is 2. The van der Waals surface area contributed by atoms with Crippen LogP contribution in [0.4, 0.5) is 16.9 Å². The van der Waals surface area contributed by atoms with Crippen LogP contribution in [-0.2, 0) is 22.0 Å². The Bertz CT molecular complexity index is 1490. The van der Waals surface area contributed by atoms with Crippen molar-refractivity contribution in [3.63, 3.8) is 0 Å². The number of anilines is 3. The van der Waals surface area contributed by atoms with Crippen LogP contribution in [0.2, 0.25) is 0 Å². The topological polar surface area (TPSA) is 125 Å². The van der Waals surface area contributed by atoms with Crippen molar-refractivity contribution >= 4 is 45.3 Å². The number of fused-ring (bicyclic) bond motifs is 1. The average Bonchev–Trinajstić information content (AvgIpc) is 3.59. The molecule has 12 heteroatoms. The number of rotatable bonds is 7. The lowest BCUT2D eigenvalue weighted by atomic mass is 9.89. The fourth-order valence-corrected chi connectivity index (χ4v) is 5.50. The Morgan fingerprint density at radius 2 is 2.08 bits per heavy atom. The fraction of sp³-hybridized carbons (Fsp3) is 0.423. The average molecular weight is 538 g/mol. The number of aromatic nitrogens is 5. The highest BCUT2D eigenvalue weighted by atomic mass is 32.1. The Kier molecular flexibility index (Phi) is 6.93. The van der Waals surface area contributed by atoms with Crippen LogP contribution in [0.1, 0.15) is 50.6 Å². The van der Waals surface area contributed by atoms with E-state index in [-0.39, 0.29) is 11.3 Å². The molecule has 4 aromatic rings. The molecule has 1 aliphatic heterocycles. The fourth-order valence-electron chi connectivity index (χ4n) is 4.40. The Labute approximate surface area is 224 Å². The van der Waals surface area contributed by atoms with E-state index in [9.17, 15) is 4.79 Å². The highest BCUT2D eigenvalue weighted by molar-refractivity contribution is 7.16. The van der Waals surface area contributed by atoms with Crippen molar-refractivity contribution in [3.05, 3.63) is 35.1 Å². The van der Waals surface area contributed by atoms with E-state index in [1.807, 2.05) is 11.6 Å². The number of methoxy groups -OCH3 is 1. The highest BCUT2D eigenvalue weighted by Gasteiger charge is 2.30. The van der Waals surface area contributed by atoms with Crippen LogP contribution in [0.25, 0.3) is 11.2 Å². The summed E-state index contributed by atoms with van der Waals surface area (Å²) in [5, 5.41) is 6.82. The lowest BCUT2D eigenvalue weighted by molar-refractivity contribution is -0.114. The smallest absolute Gasteiger partial charge is 0.222 e. The molecule has 1 unspecified atom stereocenters. The van der Waals surface area contributed by atoms with Crippen molar-refractivity contribution < 1.29 is 19.0 Å².